The molecule has 2 aromatic heterocycles. The number of hydrogen-bond acceptors (Lipinski definition) is 6. The second-order valence-electron chi connectivity index (χ2n) is 4.65. The van der Waals surface area contributed by atoms with Crippen molar-refractivity contribution in [1.82, 2.24) is 4.72 Å². The van der Waals surface area contributed by atoms with Gasteiger partial charge < -0.3 is 9.15 Å². The molecule has 0 atom stereocenters. The van der Waals surface area contributed by atoms with Gasteiger partial charge in [-0.25, -0.2) is 17.9 Å². The molecule has 120 valence electrons. The van der Waals surface area contributed by atoms with Crippen molar-refractivity contribution in [3.63, 3.8) is 0 Å². The summed E-state index contributed by atoms with van der Waals surface area (Å²) in [7, 11) is -2.68. The van der Waals surface area contributed by atoms with Crippen LogP contribution >= 0.6 is 11.3 Å². The minimum Gasteiger partial charge on any atom is -0.468 e. The van der Waals surface area contributed by atoms with E-state index in [9.17, 15) is 13.2 Å². The summed E-state index contributed by atoms with van der Waals surface area (Å²) in [6.45, 7) is 0.000119. The molecule has 0 bridgehead atoms. The Morgan fingerprint density at radius 3 is 2.74 bits per heavy atom. The Morgan fingerprint density at radius 1 is 1.26 bits per heavy atom. The van der Waals surface area contributed by atoms with E-state index in [4.69, 9.17) is 9.15 Å². The van der Waals surface area contributed by atoms with Crippen molar-refractivity contribution in [2.75, 3.05) is 7.11 Å². The van der Waals surface area contributed by atoms with Gasteiger partial charge in [0, 0.05) is 10.1 Å². The number of methoxy groups -OCH3 is 1. The molecule has 0 radical (unpaired) electrons. The highest BCUT2D eigenvalue weighted by molar-refractivity contribution is 7.90. The first-order chi connectivity index (χ1) is 11.0. The van der Waals surface area contributed by atoms with Gasteiger partial charge in [0.05, 0.1) is 19.9 Å². The van der Waals surface area contributed by atoms with Crippen molar-refractivity contribution >= 4 is 37.4 Å². The largest absolute Gasteiger partial charge is 0.468 e. The minimum absolute atomic E-state index is 0.000119. The third-order valence-electron chi connectivity index (χ3n) is 3.21. The molecule has 23 heavy (non-hydrogen) atoms. The lowest BCUT2D eigenvalue weighted by Gasteiger charge is -2.06. The SMILES string of the molecule is COC(=O)c1sc2ccccc2c1S(=O)(=O)NCc1ccco1. The van der Waals surface area contributed by atoms with Crippen LogP contribution < -0.4 is 4.72 Å². The highest BCUT2D eigenvalue weighted by Crippen LogP contribution is 2.35. The fraction of sp³-hybridized carbons (Fsp3) is 0.133. The highest BCUT2D eigenvalue weighted by atomic mass is 32.2. The van der Waals surface area contributed by atoms with Crippen LogP contribution in [0.25, 0.3) is 10.1 Å². The molecule has 1 aromatic carbocycles. The lowest BCUT2D eigenvalue weighted by atomic mass is 10.2. The maximum absolute atomic E-state index is 12.7. The summed E-state index contributed by atoms with van der Waals surface area (Å²) in [5.41, 5.74) is 0. The Balaban J connectivity index is 2.07. The Labute approximate surface area is 136 Å². The molecule has 2 heterocycles. The quantitative estimate of drug-likeness (QED) is 0.715. The van der Waals surface area contributed by atoms with Gasteiger partial charge in [0.15, 0.2) is 0 Å². The number of esters is 1. The van der Waals surface area contributed by atoms with E-state index in [1.165, 1.54) is 13.4 Å². The summed E-state index contributed by atoms with van der Waals surface area (Å²) in [5.74, 6) is -0.197. The van der Waals surface area contributed by atoms with Gasteiger partial charge in [0.2, 0.25) is 10.0 Å². The predicted octanol–water partition coefficient (Wildman–Crippen LogP) is 2.76. The summed E-state index contributed by atoms with van der Waals surface area (Å²) in [6, 6.07) is 10.3. The number of rotatable bonds is 5. The van der Waals surface area contributed by atoms with Crippen LogP contribution in [0.2, 0.25) is 0 Å². The Hall–Kier alpha value is -2.16. The Bertz CT molecular complexity index is 942. The zero-order valence-electron chi connectivity index (χ0n) is 12.1. The number of benzene rings is 1. The van der Waals surface area contributed by atoms with E-state index in [0.29, 0.717) is 15.8 Å². The number of hydrogen-bond donors (Lipinski definition) is 1. The summed E-state index contributed by atoms with van der Waals surface area (Å²) in [4.78, 5) is 12.0. The molecule has 0 fully saturated rings. The lowest BCUT2D eigenvalue weighted by Crippen LogP contribution is -2.24. The number of furan rings is 1. The third kappa shape index (κ3) is 3.00. The molecule has 1 N–H and O–H groups in total. The molecule has 0 amide bonds. The molecule has 6 nitrogen and oxygen atoms in total. The molecule has 0 saturated heterocycles. The zero-order chi connectivity index (χ0) is 16.4. The van der Waals surface area contributed by atoms with Crippen LogP contribution in [0.4, 0.5) is 0 Å². The first-order valence-corrected chi connectivity index (χ1v) is 8.95. The van der Waals surface area contributed by atoms with Gasteiger partial charge in [-0.05, 0) is 18.2 Å². The maximum atomic E-state index is 12.7. The number of thiophene rings is 1. The van der Waals surface area contributed by atoms with Crippen LogP contribution in [0.5, 0.6) is 0 Å². The van der Waals surface area contributed by atoms with Crippen molar-refractivity contribution in [2.45, 2.75) is 11.4 Å². The first-order valence-electron chi connectivity index (χ1n) is 6.65. The highest BCUT2D eigenvalue weighted by Gasteiger charge is 2.28. The van der Waals surface area contributed by atoms with E-state index in [-0.39, 0.29) is 16.3 Å². The van der Waals surface area contributed by atoms with Crippen molar-refractivity contribution in [2.24, 2.45) is 0 Å². The minimum atomic E-state index is -3.91. The smallest absolute Gasteiger partial charge is 0.349 e. The molecule has 0 unspecified atom stereocenters. The third-order valence-corrected chi connectivity index (χ3v) is 5.97. The number of sulfonamides is 1. The number of fused-ring (bicyclic) bond motifs is 1. The van der Waals surface area contributed by atoms with E-state index >= 15 is 0 Å². The summed E-state index contributed by atoms with van der Waals surface area (Å²) >= 11 is 1.09. The van der Waals surface area contributed by atoms with Crippen LogP contribution in [0, 0.1) is 0 Å². The Morgan fingerprint density at radius 2 is 2.04 bits per heavy atom. The number of nitrogens with one attached hydrogen (secondary N) is 1. The first kappa shape index (κ1) is 15.7. The predicted molar refractivity (Wildman–Crippen MR) is 85.9 cm³/mol. The fourth-order valence-electron chi connectivity index (χ4n) is 2.17. The van der Waals surface area contributed by atoms with E-state index < -0.39 is 16.0 Å². The van der Waals surface area contributed by atoms with Gasteiger partial charge in [0.1, 0.15) is 15.5 Å². The molecule has 0 aliphatic heterocycles. The van der Waals surface area contributed by atoms with Gasteiger partial charge in [-0.2, -0.15) is 0 Å². The van der Waals surface area contributed by atoms with Gasteiger partial charge >= 0.3 is 5.97 Å². The molecule has 3 aromatic rings. The molecular formula is C15H13NO5S2. The van der Waals surface area contributed by atoms with Crippen molar-refractivity contribution in [3.05, 3.63) is 53.3 Å². The molecule has 0 saturated carbocycles. The van der Waals surface area contributed by atoms with E-state index in [0.717, 1.165) is 11.3 Å². The fourth-order valence-corrected chi connectivity index (χ4v) is 4.97. The van der Waals surface area contributed by atoms with Gasteiger partial charge in [-0.3, -0.25) is 0 Å². The van der Waals surface area contributed by atoms with E-state index in [1.54, 1.807) is 36.4 Å². The second kappa shape index (κ2) is 6.15. The van der Waals surface area contributed by atoms with Crippen molar-refractivity contribution in [1.29, 1.82) is 0 Å². The summed E-state index contributed by atoms with van der Waals surface area (Å²) < 4.78 is 38.4. The van der Waals surface area contributed by atoms with Gasteiger partial charge in [0.25, 0.3) is 0 Å². The van der Waals surface area contributed by atoms with Crippen molar-refractivity contribution < 1.29 is 22.4 Å². The Kier molecular flexibility index (Phi) is 4.20. The van der Waals surface area contributed by atoms with Crippen LogP contribution in [-0.2, 0) is 21.3 Å². The number of ether oxygens (including phenoxy) is 1. The second-order valence-corrected chi connectivity index (χ2v) is 7.41. The van der Waals surface area contributed by atoms with Crippen LogP contribution in [0.3, 0.4) is 0 Å². The topological polar surface area (TPSA) is 85.6 Å². The lowest BCUT2D eigenvalue weighted by molar-refractivity contribution is 0.0602. The molecule has 8 heteroatoms. The summed E-state index contributed by atoms with van der Waals surface area (Å²) in [6.07, 6.45) is 1.46. The number of carbonyl (C=O) groups is 1. The molecule has 0 spiro atoms. The summed E-state index contributed by atoms with van der Waals surface area (Å²) in [5, 5.41) is 0.491. The molecule has 3 rings (SSSR count). The van der Waals surface area contributed by atoms with Crippen LogP contribution in [0.1, 0.15) is 15.4 Å². The van der Waals surface area contributed by atoms with Gasteiger partial charge in [-0.15, -0.1) is 11.3 Å². The average Bonchev–Trinajstić information content (AvgIpc) is 3.19. The van der Waals surface area contributed by atoms with Crippen molar-refractivity contribution in [3.8, 4) is 0 Å². The average molecular weight is 351 g/mol. The molecule has 0 aliphatic carbocycles. The maximum Gasteiger partial charge on any atom is 0.349 e. The molecular weight excluding hydrogens is 338 g/mol. The van der Waals surface area contributed by atoms with E-state index in [2.05, 4.69) is 4.72 Å². The molecule has 0 aliphatic rings. The standard InChI is InChI=1S/C15H13NO5S2/c1-20-15(17)13-14(11-6-2-3-7-12(11)22-13)23(18,19)16-9-10-5-4-8-21-10/h2-8,16H,9H2,1H3. The van der Waals surface area contributed by atoms with Crippen LogP contribution in [-0.4, -0.2) is 21.5 Å². The van der Waals surface area contributed by atoms with E-state index in [1.807, 2.05) is 0 Å². The zero-order valence-corrected chi connectivity index (χ0v) is 13.7. The van der Waals surface area contributed by atoms with Gasteiger partial charge in [-0.1, -0.05) is 18.2 Å². The monoisotopic (exact) mass is 351 g/mol. The number of carbonyl (C=O) groups excluding carboxylic acids is 1. The normalized spacial score (nSPS) is 11.7. The van der Waals surface area contributed by atoms with Crippen LogP contribution in [0.15, 0.2) is 52.0 Å².